The van der Waals surface area contributed by atoms with E-state index in [2.05, 4.69) is 5.32 Å². The highest BCUT2D eigenvalue weighted by Gasteiger charge is 2.28. The van der Waals surface area contributed by atoms with Crippen molar-refractivity contribution in [2.75, 3.05) is 31.6 Å². The zero-order valence-electron chi connectivity index (χ0n) is 12.0. The molecular formula is C14H21N3O3. The van der Waals surface area contributed by atoms with Crippen LogP contribution in [0, 0.1) is 10.1 Å². The minimum atomic E-state index is -0.348. The normalized spacial score (nSPS) is 18.0. The SMILES string of the molecule is CCCOc1cccc(N(C)C2CCNC2)c1[N+](=O)[O-]. The Hall–Kier alpha value is -1.82. The van der Waals surface area contributed by atoms with Crippen molar-refractivity contribution in [2.45, 2.75) is 25.8 Å². The van der Waals surface area contributed by atoms with Gasteiger partial charge in [0.05, 0.1) is 11.5 Å². The molecule has 1 unspecified atom stereocenters. The maximum atomic E-state index is 11.4. The van der Waals surface area contributed by atoms with Gasteiger partial charge in [0, 0.05) is 19.6 Å². The van der Waals surface area contributed by atoms with Gasteiger partial charge in [-0.15, -0.1) is 0 Å². The number of nitrogens with one attached hydrogen (secondary N) is 1. The van der Waals surface area contributed by atoms with Crippen LogP contribution >= 0.6 is 0 Å². The summed E-state index contributed by atoms with van der Waals surface area (Å²) in [6.45, 7) is 4.27. The first-order valence-electron chi connectivity index (χ1n) is 6.99. The lowest BCUT2D eigenvalue weighted by Gasteiger charge is -2.26. The summed E-state index contributed by atoms with van der Waals surface area (Å²) >= 11 is 0. The van der Waals surface area contributed by atoms with Gasteiger partial charge in [-0.1, -0.05) is 13.0 Å². The van der Waals surface area contributed by atoms with Crippen molar-refractivity contribution in [3.8, 4) is 5.75 Å². The van der Waals surface area contributed by atoms with Crippen molar-refractivity contribution < 1.29 is 9.66 Å². The first-order chi connectivity index (χ1) is 9.65. The van der Waals surface area contributed by atoms with E-state index in [-0.39, 0.29) is 16.7 Å². The minimum absolute atomic E-state index is 0.0651. The summed E-state index contributed by atoms with van der Waals surface area (Å²) in [5.41, 5.74) is 0.688. The highest BCUT2D eigenvalue weighted by molar-refractivity contribution is 5.70. The van der Waals surface area contributed by atoms with Gasteiger partial charge in [0.25, 0.3) is 0 Å². The molecule has 1 heterocycles. The van der Waals surface area contributed by atoms with E-state index in [9.17, 15) is 10.1 Å². The van der Waals surface area contributed by atoms with Gasteiger partial charge in [-0.25, -0.2) is 0 Å². The number of hydrogen-bond donors (Lipinski definition) is 1. The third-order valence-electron chi connectivity index (χ3n) is 3.58. The molecule has 1 atom stereocenters. The standard InChI is InChI=1S/C14H21N3O3/c1-3-9-20-13-6-4-5-12(14(13)17(18)19)16(2)11-7-8-15-10-11/h4-6,11,15H,3,7-10H2,1-2H3. The van der Waals surface area contributed by atoms with Gasteiger partial charge >= 0.3 is 5.69 Å². The summed E-state index contributed by atoms with van der Waals surface area (Å²) in [6.07, 6.45) is 1.82. The van der Waals surface area contributed by atoms with Crippen LogP contribution in [0.5, 0.6) is 5.75 Å². The molecule has 0 radical (unpaired) electrons. The van der Waals surface area contributed by atoms with Gasteiger partial charge in [0.1, 0.15) is 5.69 Å². The number of rotatable bonds is 6. The number of likely N-dealkylation sites (N-methyl/N-ethyl adjacent to an activating group) is 1. The maximum absolute atomic E-state index is 11.4. The number of nitro groups is 1. The highest BCUT2D eigenvalue weighted by Crippen LogP contribution is 2.37. The third kappa shape index (κ3) is 3.01. The van der Waals surface area contributed by atoms with Crippen LogP contribution in [0.3, 0.4) is 0 Å². The molecule has 0 saturated carbocycles. The predicted molar refractivity (Wildman–Crippen MR) is 78.6 cm³/mol. The summed E-state index contributed by atoms with van der Waals surface area (Å²) < 4.78 is 5.52. The molecule has 6 heteroatoms. The number of nitrogens with zero attached hydrogens (tertiary/aromatic N) is 2. The van der Waals surface area contributed by atoms with Crippen LogP contribution in [0.2, 0.25) is 0 Å². The van der Waals surface area contributed by atoms with Crippen LogP contribution in [0.4, 0.5) is 11.4 Å². The largest absolute Gasteiger partial charge is 0.487 e. The number of benzene rings is 1. The number of para-hydroxylation sites is 1. The van der Waals surface area contributed by atoms with Crippen LogP contribution in [0.25, 0.3) is 0 Å². The van der Waals surface area contributed by atoms with E-state index in [1.807, 2.05) is 24.9 Å². The minimum Gasteiger partial charge on any atom is -0.487 e. The molecule has 20 heavy (non-hydrogen) atoms. The number of nitro benzene ring substituents is 1. The van der Waals surface area contributed by atoms with Crippen molar-refractivity contribution in [1.29, 1.82) is 0 Å². The third-order valence-corrected chi connectivity index (χ3v) is 3.58. The average Bonchev–Trinajstić information content (AvgIpc) is 2.97. The number of hydrogen-bond acceptors (Lipinski definition) is 5. The summed E-state index contributed by atoms with van der Waals surface area (Å²) in [5, 5.41) is 14.7. The Labute approximate surface area is 118 Å². The second-order valence-electron chi connectivity index (χ2n) is 4.99. The molecular weight excluding hydrogens is 258 g/mol. The molecule has 1 aliphatic rings. The van der Waals surface area contributed by atoms with Crippen molar-refractivity contribution in [1.82, 2.24) is 5.32 Å². The molecule has 1 N–H and O–H groups in total. The Morgan fingerprint density at radius 1 is 1.55 bits per heavy atom. The predicted octanol–water partition coefficient (Wildman–Crippen LogP) is 2.18. The fraction of sp³-hybridized carbons (Fsp3) is 0.571. The molecule has 1 aromatic rings. The fourth-order valence-corrected chi connectivity index (χ4v) is 2.47. The molecule has 110 valence electrons. The zero-order valence-corrected chi connectivity index (χ0v) is 12.0. The summed E-state index contributed by atoms with van der Waals surface area (Å²) in [7, 11) is 1.91. The van der Waals surface area contributed by atoms with E-state index in [1.54, 1.807) is 12.1 Å². The fourth-order valence-electron chi connectivity index (χ4n) is 2.47. The van der Waals surface area contributed by atoms with Crippen LogP contribution < -0.4 is 15.0 Å². The molecule has 1 fully saturated rings. The average molecular weight is 279 g/mol. The molecule has 0 aliphatic carbocycles. The summed E-state index contributed by atoms with van der Waals surface area (Å²) in [5.74, 6) is 0.354. The molecule has 1 aromatic carbocycles. The van der Waals surface area contributed by atoms with E-state index in [4.69, 9.17) is 4.74 Å². The molecule has 6 nitrogen and oxygen atoms in total. The lowest BCUT2D eigenvalue weighted by Crippen LogP contribution is -2.33. The first-order valence-corrected chi connectivity index (χ1v) is 6.99. The number of ether oxygens (including phenoxy) is 1. The molecule has 1 aliphatic heterocycles. The van der Waals surface area contributed by atoms with Crippen molar-refractivity contribution in [3.63, 3.8) is 0 Å². The van der Waals surface area contributed by atoms with E-state index in [1.165, 1.54) is 0 Å². The van der Waals surface area contributed by atoms with Gasteiger partial charge in [0.15, 0.2) is 5.75 Å². The van der Waals surface area contributed by atoms with Crippen LogP contribution in [-0.4, -0.2) is 37.7 Å². The Kier molecular flexibility index (Phi) is 4.79. The first kappa shape index (κ1) is 14.6. The van der Waals surface area contributed by atoms with Gasteiger partial charge in [-0.2, -0.15) is 0 Å². The van der Waals surface area contributed by atoms with Gasteiger partial charge in [-0.05, 0) is 31.5 Å². The quantitative estimate of drug-likeness (QED) is 0.638. The van der Waals surface area contributed by atoms with Gasteiger partial charge < -0.3 is 15.0 Å². The Bertz CT molecular complexity index is 473. The van der Waals surface area contributed by atoms with Crippen LogP contribution in [-0.2, 0) is 0 Å². The highest BCUT2D eigenvalue weighted by atomic mass is 16.6. The Balaban J connectivity index is 2.33. The second-order valence-corrected chi connectivity index (χ2v) is 4.99. The molecule has 0 spiro atoms. The topological polar surface area (TPSA) is 67.6 Å². The second kappa shape index (κ2) is 6.56. The van der Waals surface area contributed by atoms with E-state index >= 15 is 0 Å². The molecule has 1 saturated heterocycles. The smallest absolute Gasteiger partial charge is 0.333 e. The maximum Gasteiger partial charge on any atom is 0.333 e. The van der Waals surface area contributed by atoms with Crippen molar-refractivity contribution in [3.05, 3.63) is 28.3 Å². The summed E-state index contributed by atoms with van der Waals surface area (Å²) in [4.78, 5) is 13.0. The Morgan fingerprint density at radius 2 is 2.35 bits per heavy atom. The van der Waals surface area contributed by atoms with E-state index in [0.29, 0.717) is 18.0 Å². The molecule has 2 rings (SSSR count). The Morgan fingerprint density at radius 3 is 2.95 bits per heavy atom. The van der Waals surface area contributed by atoms with E-state index in [0.717, 1.165) is 25.9 Å². The lowest BCUT2D eigenvalue weighted by molar-refractivity contribution is -0.385. The molecule has 0 bridgehead atoms. The zero-order chi connectivity index (χ0) is 14.5. The van der Waals surface area contributed by atoms with E-state index < -0.39 is 0 Å². The van der Waals surface area contributed by atoms with Crippen LogP contribution in [0.1, 0.15) is 19.8 Å². The van der Waals surface area contributed by atoms with Gasteiger partial charge in [-0.3, -0.25) is 10.1 Å². The molecule has 0 amide bonds. The van der Waals surface area contributed by atoms with Gasteiger partial charge in [0.2, 0.25) is 0 Å². The monoisotopic (exact) mass is 279 g/mol. The van der Waals surface area contributed by atoms with Crippen molar-refractivity contribution >= 4 is 11.4 Å². The summed E-state index contributed by atoms with van der Waals surface area (Å²) in [6, 6.07) is 5.55. The van der Waals surface area contributed by atoms with Crippen molar-refractivity contribution in [2.24, 2.45) is 0 Å². The van der Waals surface area contributed by atoms with Crippen LogP contribution in [0.15, 0.2) is 18.2 Å². The number of anilines is 1. The lowest BCUT2D eigenvalue weighted by atomic mass is 10.1. The molecule has 0 aromatic heterocycles.